The fraction of sp³-hybridized carbons (Fsp3) is 0.500. The van der Waals surface area contributed by atoms with Gasteiger partial charge in [-0.15, -0.1) is 11.3 Å². The van der Waals surface area contributed by atoms with Gasteiger partial charge in [0.05, 0.1) is 10.7 Å². The lowest BCUT2D eigenvalue weighted by Gasteiger charge is -2.33. The summed E-state index contributed by atoms with van der Waals surface area (Å²) < 4.78 is 0. The summed E-state index contributed by atoms with van der Waals surface area (Å²) in [6.07, 6.45) is 3.28. The van der Waals surface area contributed by atoms with Crippen LogP contribution in [-0.4, -0.2) is 42.0 Å². The summed E-state index contributed by atoms with van der Waals surface area (Å²) in [7, 11) is 0. The van der Waals surface area contributed by atoms with Gasteiger partial charge in [0.15, 0.2) is 0 Å². The number of nitrogens with one attached hydrogen (secondary N) is 1. The normalized spacial score (nSPS) is 18.2. The quantitative estimate of drug-likeness (QED) is 0.859. The van der Waals surface area contributed by atoms with Crippen LogP contribution in [0.4, 0.5) is 0 Å². The lowest BCUT2D eigenvalue weighted by molar-refractivity contribution is 0.0948. The van der Waals surface area contributed by atoms with Crippen molar-refractivity contribution in [1.29, 1.82) is 0 Å². The van der Waals surface area contributed by atoms with E-state index >= 15 is 0 Å². The first kappa shape index (κ1) is 18.1. The van der Waals surface area contributed by atoms with Crippen molar-refractivity contribution >= 4 is 17.2 Å². The lowest BCUT2D eigenvalue weighted by Crippen LogP contribution is -2.40. The van der Waals surface area contributed by atoms with Gasteiger partial charge in [0.2, 0.25) is 0 Å². The summed E-state index contributed by atoms with van der Waals surface area (Å²) in [6.45, 7) is 7.81. The van der Waals surface area contributed by atoms with Gasteiger partial charge in [-0.2, -0.15) is 0 Å². The maximum atomic E-state index is 12.4. The van der Waals surface area contributed by atoms with Crippen molar-refractivity contribution in [3.8, 4) is 0 Å². The van der Waals surface area contributed by atoms with Gasteiger partial charge in [0.1, 0.15) is 4.88 Å². The number of rotatable bonds is 6. The van der Waals surface area contributed by atoms with Crippen molar-refractivity contribution < 1.29 is 4.79 Å². The van der Waals surface area contributed by atoms with Gasteiger partial charge in [-0.3, -0.25) is 4.79 Å². The molecule has 134 valence electrons. The Balaban J connectivity index is 1.49. The van der Waals surface area contributed by atoms with Crippen molar-refractivity contribution in [2.75, 3.05) is 26.2 Å². The first-order valence-corrected chi connectivity index (χ1v) is 10.0. The molecule has 0 bridgehead atoms. The average Bonchev–Trinajstić information content (AvgIpc) is 3.04. The van der Waals surface area contributed by atoms with Crippen LogP contribution < -0.4 is 5.32 Å². The van der Waals surface area contributed by atoms with E-state index in [-0.39, 0.29) is 5.91 Å². The van der Waals surface area contributed by atoms with Crippen LogP contribution >= 0.6 is 11.3 Å². The van der Waals surface area contributed by atoms with Gasteiger partial charge >= 0.3 is 0 Å². The van der Waals surface area contributed by atoms with E-state index in [0.717, 1.165) is 41.6 Å². The highest BCUT2D eigenvalue weighted by atomic mass is 32.1. The second-order valence-electron chi connectivity index (χ2n) is 6.67. The van der Waals surface area contributed by atoms with Crippen LogP contribution in [-0.2, 0) is 6.42 Å². The van der Waals surface area contributed by atoms with Crippen LogP contribution in [0.5, 0.6) is 0 Å². The Morgan fingerprint density at radius 3 is 2.92 bits per heavy atom. The molecule has 0 radical (unpaired) electrons. The summed E-state index contributed by atoms with van der Waals surface area (Å²) in [5.74, 6) is 0.639. The van der Waals surface area contributed by atoms with Gasteiger partial charge in [-0.25, -0.2) is 4.98 Å². The summed E-state index contributed by atoms with van der Waals surface area (Å²) in [4.78, 5) is 20.1. The number of aryl methyl sites for hydroxylation is 2. The van der Waals surface area contributed by atoms with Gasteiger partial charge in [-0.05, 0) is 44.2 Å². The molecule has 1 fully saturated rings. The number of nitrogens with zero attached hydrogens (tertiary/aromatic N) is 2. The Hall–Kier alpha value is -1.72. The summed E-state index contributed by atoms with van der Waals surface area (Å²) in [5, 5.41) is 4.04. The number of thiazole rings is 1. The molecule has 1 aromatic heterocycles. The molecule has 1 aromatic carbocycles. The molecule has 0 unspecified atom stereocenters. The number of carbonyl (C=O) groups excluding carboxylic acids is 1. The van der Waals surface area contributed by atoms with Gasteiger partial charge < -0.3 is 10.2 Å². The first-order chi connectivity index (χ1) is 12.2. The van der Waals surface area contributed by atoms with Crippen LogP contribution in [0.3, 0.4) is 0 Å². The molecule has 1 amide bonds. The highest BCUT2D eigenvalue weighted by Crippen LogP contribution is 2.26. The molecule has 2 heterocycles. The number of likely N-dealkylation sites (tertiary alicyclic amines) is 1. The zero-order valence-electron chi connectivity index (χ0n) is 15.1. The molecule has 1 saturated heterocycles. The molecule has 1 aliphatic rings. The SMILES string of the molecule is CCc1nc(C)sc1C(=O)NCCN1CCC[C@@H](c2ccccc2)C1. The Morgan fingerprint density at radius 1 is 1.36 bits per heavy atom. The fourth-order valence-electron chi connectivity index (χ4n) is 3.55. The van der Waals surface area contributed by atoms with Gasteiger partial charge in [0, 0.05) is 19.6 Å². The van der Waals surface area contributed by atoms with E-state index in [1.165, 1.54) is 29.7 Å². The highest BCUT2D eigenvalue weighted by molar-refractivity contribution is 7.13. The van der Waals surface area contributed by atoms with Crippen LogP contribution in [0.1, 0.15) is 51.6 Å². The predicted octanol–water partition coefficient (Wildman–Crippen LogP) is 3.62. The number of benzene rings is 1. The largest absolute Gasteiger partial charge is 0.350 e. The molecule has 0 spiro atoms. The molecule has 5 heteroatoms. The highest BCUT2D eigenvalue weighted by Gasteiger charge is 2.21. The first-order valence-electron chi connectivity index (χ1n) is 9.19. The third kappa shape index (κ3) is 4.67. The van der Waals surface area contributed by atoms with Crippen LogP contribution in [0.15, 0.2) is 30.3 Å². The number of hydrogen-bond donors (Lipinski definition) is 1. The smallest absolute Gasteiger partial charge is 0.263 e. The van der Waals surface area contributed by atoms with E-state index in [0.29, 0.717) is 12.5 Å². The summed E-state index contributed by atoms with van der Waals surface area (Å²) >= 11 is 1.49. The monoisotopic (exact) mass is 357 g/mol. The molecule has 4 nitrogen and oxygen atoms in total. The summed E-state index contributed by atoms with van der Waals surface area (Å²) in [5.41, 5.74) is 2.35. The number of aromatic nitrogens is 1. The Kier molecular flexibility index (Phi) is 6.21. The molecule has 1 N–H and O–H groups in total. The molecular weight excluding hydrogens is 330 g/mol. The van der Waals surface area contributed by atoms with E-state index in [1.807, 2.05) is 13.8 Å². The fourth-order valence-corrected chi connectivity index (χ4v) is 4.47. The van der Waals surface area contributed by atoms with Crippen molar-refractivity contribution in [3.63, 3.8) is 0 Å². The third-order valence-corrected chi connectivity index (χ3v) is 5.85. The average molecular weight is 358 g/mol. The minimum atomic E-state index is 0.0269. The summed E-state index contributed by atoms with van der Waals surface area (Å²) in [6, 6.07) is 10.8. The number of carbonyl (C=O) groups is 1. The Labute approximate surface area is 154 Å². The van der Waals surface area contributed by atoms with Gasteiger partial charge in [-0.1, -0.05) is 37.3 Å². The maximum Gasteiger partial charge on any atom is 0.263 e. The second-order valence-corrected chi connectivity index (χ2v) is 7.87. The standard InChI is InChI=1S/C20H27N3OS/c1-3-18-19(25-15(2)22-18)20(24)21-11-13-23-12-7-10-17(14-23)16-8-5-4-6-9-16/h4-6,8-9,17H,3,7,10-14H2,1-2H3,(H,21,24)/t17-/m1/s1. The van der Waals surface area contributed by atoms with E-state index in [2.05, 4.69) is 45.5 Å². The molecule has 2 aromatic rings. The molecule has 1 aliphatic heterocycles. The molecule has 1 atom stereocenters. The zero-order valence-corrected chi connectivity index (χ0v) is 15.9. The minimum Gasteiger partial charge on any atom is -0.350 e. The number of piperidine rings is 1. The van der Waals surface area contributed by atoms with Crippen molar-refractivity contribution in [2.45, 2.75) is 39.0 Å². The number of hydrogen-bond acceptors (Lipinski definition) is 4. The minimum absolute atomic E-state index is 0.0269. The molecular formula is C20H27N3OS. The van der Waals surface area contributed by atoms with Crippen LogP contribution in [0, 0.1) is 6.92 Å². The van der Waals surface area contributed by atoms with Gasteiger partial charge in [0.25, 0.3) is 5.91 Å². The van der Waals surface area contributed by atoms with E-state index in [9.17, 15) is 4.79 Å². The van der Waals surface area contributed by atoms with E-state index in [1.54, 1.807) is 0 Å². The third-order valence-electron chi connectivity index (χ3n) is 4.84. The molecule has 3 rings (SSSR count). The Morgan fingerprint density at radius 2 is 2.16 bits per heavy atom. The van der Waals surface area contributed by atoms with Crippen LogP contribution in [0.25, 0.3) is 0 Å². The predicted molar refractivity (Wildman–Crippen MR) is 103 cm³/mol. The Bertz CT molecular complexity index is 698. The second kappa shape index (κ2) is 8.59. The molecule has 0 aliphatic carbocycles. The lowest BCUT2D eigenvalue weighted by atomic mass is 9.91. The van der Waals surface area contributed by atoms with Crippen molar-refractivity contribution in [2.24, 2.45) is 0 Å². The molecule has 25 heavy (non-hydrogen) atoms. The molecule has 0 saturated carbocycles. The number of amides is 1. The van der Waals surface area contributed by atoms with E-state index < -0.39 is 0 Å². The van der Waals surface area contributed by atoms with Crippen molar-refractivity contribution in [1.82, 2.24) is 15.2 Å². The topological polar surface area (TPSA) is 45.2 Å². The van der Waals surface area contributed by atoms with Crippen molar-refractivity contribution in [3.05, 3.63) is 51.5 Å². The maximum absolute atomic E-state index is 12.4. The zero-order chi connectivity index (χ0) is 17.6. The van der Waals surface area contributed by atoms with Crippen LogP contribution in [0.2, 0.25) is 0 Å². The van der Waals surface area contributed by atoms with E-state index in [4.69, 9.17) is 0 Å².